The van der Waals surface area contributed by atoms with Gasteiger partial charge in [0.15, 0.2) is 0 Å². The maximum atomic E-state index is 12.2. The number of carbonyl (C=O) groups is 1. The summed E-state index contributed by atoms with van der Waals surface area (Å²) in [6.07, 6.45) is 6.67. The Morgan fingerprint density at radius 2 is 2.19 bits per heavy atom. The van der Waals surface area contributed by atoms with Gasteiger partial charge in [-0.15, -0.1) is 0 Å². The molecule has 10 nitrogen and oxygen atoms in total. The maximum Gasteiger partial charge on any atom is 0.275 e. The van der Waals surface area contributed by atoms with Gasteiger partial charge in [-0.3, -0.25) is 14.4 Å². The van der Waals surface area contributed by atoms with Crippen LogP contribution in [0.25, 0.3) is 0 Å². The predicted octanol–water partition coefficient (Wildman–Crippen LogP) is -0.111. The summed E-state index contributed by atoms with van der Waals surface area (Å²) in [5.41, 5.74) is -1.64. The van der Waals surface area contributed by atoms with E-state index in [1.54, 1.807) is 29.2 Å². The van der Waals surface area contributed by atoms with Gasteiger partial charge in [0.2, 0.25) is 11.5 Å². The molecule has 1 saturated heterocycles. The van der Waals surface area contributed by atoms with E-state index in [0.29, 0.717) is 11.5 Å². The number of nitrogens with zero attached hydrogens (tertiary/aromatic N) is 6. The van der Waals surface area contributed by atoms with E-state index >= 15 is 0 Å². The molecule has 26 heavy (non-hydrogen) atoms. The van der Waals surface area contributed by atoms with Crippen molar-refractivity contribution < 1.29 is 15.0 Å². The molecule has 0 unspecified atom stereocenters. The van der Waals surface area contributed by atoms with Crippen molar-refractivity contribution in [3.05, 3.63) is 24.7 Å². The zero-order valence-electron chi connectivity index (χ0n) is 13.8. The van der Waals surface area contributed by atoms with Gasteiger partial charge < -0.3 is 15.5 Å². The Hall–Kier alpha value is -3.03. The van der Waals surface area contributed by atoms with Gasteiger partial charge in [-0.25, -0.2) is 4.98 Å². The average molecular weight is 355 g/mol. The third-order valence-corrected chi connectivity index (χ3v) is 4.84. The quantitative estimate of drug-likeness (QED) is 0.631. The highest BCUT2D eigenvalue weighted by atomic mass is 16.3. The zero-order valence-corrected chi connectivity index (χ0v) is 13.8. The van der Waals surface area contributed by atoms with Crippen molar-refractivity contribution in [1.82, 2.24) is 19.7 Å². The second kappa shape index (κ2) is 5.76. The Morgan fingerprint density at radius 3 is 2.85 bits per heavy atom. The van der Waals surface area contributed by atoms with Crippen LogP contribution in [-0.2, 0) is 10.3 Å². The number of aromatic nitrogens is 4. The number of nitrogens with one attached hydrogen (secondary N) is 1. The van der Waals surface area contributed by atoms with Gasteiger partial charge in [-0.05, 0) is 18.9 Å². The minimum Gasteiger partial charge on any atom is -0.394 e. The molecule has 1 amide bonds. The molecule has 0 spiro atoms. The highest BCUT2D eigenvalue weighted by Gasteiger charge is 2.47. The molecule has 0 aromatic carbocycles. The van der Waals surface area contributed by atoms with Crippen molar-refractivity contribution in [3.63, 3.8) is 0 Å². The number of anilines is 3. The van der Waals surface area contributed by atoms with Gasteiger partial charge in [0.25, 0.3) is 5.91 Å². The Bertz CT molecular complexity index is 901. The Kier molecular flexibility index (Phi) is 3.64. The topological polar surface area (TPSA) is 140 Å². The molecule has 2 aromatic heterocycles. The summed E-state index contributed by atoms with van der Waals surface area (Å²) in [5.74, 6) is -0.118. The van der Waals surface area contributed by atoms with Crippen LogP contribution in [0.1, 0.15) is 19.3 Å². The molecule has 2 aromatic rings. The fraction of sp³-hybridized carbons (Fsp3) is 0.438. The molecule has 1 aliphatic carbocycles. The molecule has 0 bridgehead atoms. The Morgan fingerprint density at radius 1 is 1.38 bits per heavy atom. The van der Waals surface area contributed by atoms with Crippen LogP contribution in [0, 0.1) is 11.3 Å². The van der Waals surface area contributed by atoms with Gasteiger partial charge in [-0.2, -0.15) is 15.3 Å². The summed E-state index contributed by atoms with van der Waals surface area (Å²) >= 11 is 0. The number of aliphatic hydroxyl groups excluding tert-OH is 1. The van der Waals surface area contributed by atoms with Crippen molar-refractivity contribution in [2.45, 2.75) is 30.4 Å². The van der Waals surface area contributed by atoms with Crippen molar-refractivity contribution >= 4 is 23.4 Å². The summed E-state index contributed by atoms with van der Waals surface area (Å²) in [6.45, 7) is 0.245. The molecule has 10 heteroatoms. The van der Waals surface area contributed by atoms with Gasteiger partial charge in [-0.1, -0.05) is 0 Å². The molecule has 3 N–H and O–H groups in total. The first-order chi connectivity index (χ1) is 12.5. The average Bonchev–Trinajstić information content (AvgIpc) is 3.22. The molecule has 1 aliphatic heterocycles. The fourth-order valence-electron chi connectivity index (χ4n) is 2.97. The Labute approximate surface area is 148 Å². The number of amides is 1. The van der Waals surface area contributed by atoms with Crippen LogP contribution in [0.4, 0.5) is 17.5 Å². The molecular weight excluding hydrogens is 338 g/mol. The lowest BCUT2D eigenvalue weighted by molar-refractivity contribution is -0.128. The van der Waals surface area contributed by atoms with Crippen LogP contribution < -0.4 is 10.2 Å². The highest BCUT2D eigenvalue weighted by molar-refractivity contribution is 6.03. The van der Waals surface area contributed by atoms with Crippen molar-refractivity contribution in [2.24, 2.45) is 0 Å². The van der Waals surface area contributed by atoms with E-state index in [1.807, 2.05) is 0 Å². The second-order valence-electron chi connectivity index (χ2n) is 6.60. The van der Waals surface area contributed by atoms with Crippen LogP contribution in [-0.4, -0.2) is 54.6 Å². The molecule has 134 valence electrons. The van der Waals surface area contributed by atoms with E-state index in [0.717, 1.165) is 12.8 Å². The van der Waals surface area contributed by atoms with Crippen LogP contribution in [0.5, 0.6) is 0 Å². The maximum absolute atomic E-state index is 12.2. The van der Waals surface area contributed by atoms with Crippen molar-refractivity contribution in [2.75, 3.05) is 23.4 Å². The summed E-state index contributed by atoms with van der Waals surface area (Å²) in [5, 5.41) is 35.7. The van der Waals surface area contributed by atoms with Gasteiger partial charge >= 0.3 is 0 Å². The first-order valence-electron chi connectivity index (χ1n) is 8.21. The molecule has 4 rings (SSSR count). The minimum atomic E-state index is -2.00. The van der Waals surface area contributed by atoms with E-state index in [1.165, 1.54) is 11.1 Å². The molecule has 2 aliphatic rings. The molecule has 0 radical (unpaired) electrons. The monoisotopic (exact) mass is 355 g/mol. The molecule has 2 fully saturated rings. The number of hydrogen-bond donors (Lipinski definition) is 3. The number of rotatable bonds is 5. The second-order valence-corrected chi connectivity index (χ2v) is 6.60. The van der Waals surface area contributed by atoms with Gasteiger partial charge in [0, 0.05) is 25.4 Å². The SMILES string of the molecule is N#C[C@@]1(O)CCN(c2ccnc(Nc3cnn(C4(CO)CC4)c3)n2)C1=O. The minimum absolute atomic E-state index is 0.0328. The van der Waals surface area contributed by atoms with E-state index in [2.05, 4.69) is 20.4 Å². The third-order valence-electron chi connectivity index (χ3n) is 4.84. The summed E-state index contributed by atoms with van der Waals surface area (Å²) < 4.78 is 1.73. The standard InChI is InChI=1S/C16H17N7O3/c17-9-16(26)4-6-22(13(16)25)12-1-5-18-14(21-12)20-11-7-19-23(8-11)15(10-24)2-3-15/h1,5,7-8,24,26H,2-4,6,10H2,(H,18,20,21)/t16-/m0/s1. The number of carbonyl (C=O) groups excluding carboxylic acids is 1. The molecule has 3 heterocycles. The van der Waals surface area contributed by atoms with Crippen LogP contribution in [0.3, 0.4) is 0 Å². The zero-order chi connectivity index (χ0) is 18.4. The van der Waals surface area contributed by atoms with E-state index in [9.17, 15) is 15.0 Å². The van der Waals surface area contributed by atoms with Crippen LogP contribution >= 0.6 is 0 Å². The largest absolute Gasteiger partial charge is 0.394 e. The molecule has 1 saturated carbocycles. The lowest BCUT2D eigenvalue weighted by Crippen LogP contribution is -2.39. The number of aliphatic hydroxyl groups is 2. The third kappa shape index (κ3) is 2.58. The van der Waals surface area contributed by atoms with Crippen LogP contribution in [0.15, 0.2) is 24.7 Å². The number of hydrogen-bond acceptors (Lipinski definition) is 8. The van der Waals surface area contributed by atoms with Crippen LogP contribution in [0.2, 0.25) is 0 Å². The summed E-state index contributed by atoms with van der Waals surface area (Å²) in [7, 11) is 0. The van der Waals surface area contributed by atoms with Crippen molar-refractivity contribution in [1.29, 1.82) is 5.26 Å². The lowest BCUT2D eigenvalue weighted by atomic mass is 10.1. The van der Waals surface area contributed by atoms with Crippen molar-refractivity contribution in [3.8, 4) is 6.07 Å². The first-order valence-corrected chi connectivity index (χ1v) is 8.21. The van der Waals surface area contributed by atoms with E-state index in [-0.39, 0.29) is 31.1 Å². The predicted molar refractivity (Wildman–Crippen MR) is 89.4 cm³/mol. The molecule has 1 atom stereocenters. The lowest BCUT2D eigenvalue weighted by Gasteiger charge is -2.16. The summed E-state index contributed by atoms with van der Waals surface area (Å²) in [4.78, 5) is 21.9. The van der Waals surface area contributed by atoms with Gasteiger partial charge in [0.05, 0.1) is 24.0 Å². The normalized spacial score (nSPS) is 23.7. The highest BCUT2D eigenvalue weighted by Crippen LogP contribution is 2.42. The number of nitriles is 1. The summed E-state index contributed by atoms with van der Waals surface area (Å²) in [6, 6.07) is 3.19. The van der Waals surface area contributed by atoms with E-state index in [4.69, 9.17) is 5.26 Å². The van der Waals surface area contributed by atoms with Gasteiger partial charge in [0.1, 0.15) is 11.9 Å². The molecular formula is C16H17N7O3. The fourth-order valence-corrected chi connectivity index (χ4v) is 2.97. The smallest absolute Gasteiger partial charge is 0.275 e. The van der Waals surface area contributed by atoms with E-state index < -0.39 is 11.5 Å². The Balaban J connectivity index is 1.52. The first kappa shape index (κ1) is 16.4.